The number of aromatic nitrogens is 1. The summed E-state index contributed by atoms with van der Waals surface area (Å²) in [4.78, 5) is 6.66. The number of hydrogen-bond acceptors (Lipinski definition) is 3. The van der Waals surface area contributed by atoms with E-state index in [1.54, 1.807) is 0 Å². The summed E-state index contributed by atoms with van der Waals surface area (Å²) in [6.07, 6.45) is 6.45. The molecular weight excluding hydrogens is 224 g/mol. The van der Waals surface area contributed by atoms with Crippen molar-refractivity contribution in [2.75, 3.05) is 24.6 Å². The number of pyridine rings is 1. The van der Waals surface area contributed by atoms with Crippen molar-refractivity contribution in [1.29, 1.82) is 0 Å². The van der Waals surface area contributed by atoms with Crippen LogP contribution in [0.1, 0.15) is 38.3 Å². The first kappa shape index (κ1) is 13.3. The molecule has 0 radical (unpaired) electrons. The van der Waals surface area contributed by atoms with E-state index in [1.807, 2.05) is 13.1 Å². The zero-order valence-corrected chi connectivity index (χ0v) is 11.5. The number of anilines is 1. The number of piperidine rings is 1. The molecule has 1 aliphatic rings. The lowest BCUT2D eigenvalue weighted by molar-refractivity contribution is 0.0954. The molecule has 0 aromatic carbocycles. The van der Waals surface area contributed by atoms with Gasteiger partial charge in [0.25, 0.3) is 0 Å². The summed E-state index contributed by atoms with van der Waals surface area (Å²) in [6, 6.07) is 4.21. The van der Waals surface area contributed by atoms with E-state index in [9.17, 15) is 5.11 Å². The quantitative estimate of drug-likeness (QED) is 0.890. The Bertz CT molecular complexity index is 390. The highest BCUT2D eigenvalue weighted by Crippen LogP contribution is 2.36. The summed E-state index contributed by atoms with van der Waals surface area (Å²) in [5.41, 5.74) is 2.41. The SMILES string of the molecule is CCC[C@]1(CO)CCCN(c2ccnc(C)c2)C1. The molecular formula is C15H24N2O. The molecule has 1 aromatic heterocycles. The first-order valence-electron chi connectivity index (χ1n) is 6.97. The van der Waals surface area contributed by atoms with Crippen LogP contribution in [0, 0.1) is 12.3 Å². The van der Waals surface area contributed by atoms with Gasteiger partial charge in [-0.1, -0.05) is 13.3 Å². The van der Waals surface area contributed by atoms with E-state index >= 15 is 0 Å². The molecule has 1 aromatic rings. The standard InChI is InChI=1S/C15H24N2O/c1-3-6-15(12-18)7-4-9-17(11-15)14-5-8-16-13(2)10-14/h5,8,10,18H,3-4,6-7,9,11-12H2,1-2H3/t15-/m0/s1. The average molecular weight is 248 g/mol. The van der Waals surface area contributed by atoms with E-state index in [-0.39, 0.29) is 5.41 Å². The van der Waals surface area contributed by atoms with Gasteiger partial charge in [0.1, 0.15) is 0 Å². The van der Waals surface area contributed by atoms with Crippen LogP contribution in [-0.2, 0) is 0 Å². The molecule has 0 spiro atoms. The Morgan fingerprint density at radius 2 is 2.33 bits per heavy atom. The van der Waals surface area contributed by atoms with Crippen molar-refractivity contribution in [1.82, 2.24) is 4.98 Å². The molecule has 0 amide bonds. The van der Waals surface area contributed by atoms with Crippen LogP contribution >= 0.6 is 0 Å². The Balaban J connectivity index is 2.15. The summed E-state index contributed by atoms with van der Waals surface area (Å²) in [5, 5.41) is 9.75. The van der Waals surface area contributed by atoms with Gasteiger partial charge in [-0.15, -0.1) is 0 Å². The molecule has 0 aliphatic carbocycles. The second-order valence-corrected chi connectivity index (χ2v) is 5.59. The van der Waals surface area contributed by atoms with Crippen molar-refractivity contribution >= 4 is 5.69 Å². The fourth-order valence-electron chi connectivity index (χ4n) is 3.10. The lowest BCUT2D eigenvalue weighted by Gasteiger charge is -2.43. The molecule has 1 atom stereocenters. The molecule has 1 aliphatic heterocycles. The second-order valence-electron chi connectivity index (χ2n) is 5.59. The minimum Gasteiger partial charge on any atom is -0.396 e. The van der Waals surface area contributed by atoms with E-state index in [0.29, 0.717) is 6.61 Å². The molecule has 1 saturated heterocycles. The maximum absolute atomic E-state index is 9.75. The van der Waals surface area contributed by atoms with Crippen molar-refractivity contribution in [2.24, 2.45) is 5.41 Å². The van der Waals surface area contributed by atoms with E-state index in [1.165, 1.54) is 12.1 Å². The van der Waals surface area contributed by atoms with Gasteiger partial charge in [-0.05, 0) is 38.3 Å². The molecule has 1 fully saturated rings. The van der Waals surface area contributed by atoms with E-state index in [4.69, 9.17) is 0 Å². The minimum atomic E-state index is 0.101. The largest absolute Gasteiger partial charge is 0.396 e. The molecule has 2 rings (SSSR count). The third-order valence-corrected chi connectivity index (χ3v) is 4.02. The molecule has 2 heterocycles. The van der Waals surface area contributed by atoms with E-state index in [2.05, 4.69) is 28.9 Å². The van der Waals surface area contributed by atoms with Gasteiger partial charge in [0.05, 0.1) is 6.61 Å². The zero-order valence-electron chi connectivity index (χ0n) is 11.5. The Kier molecular flexibility index (Phi) is 4.23. The summed E-state index contributed by atoms with van der Waals surface area (Å²) in [6.45, 7) is 6.60. The van der Waals surface area contributed by atoms with E-state index < -0.39 is 0 Å². The number of aliphatic hydroxyl groups excluding tert-OH is 1. The third-order valence-electron chi connectivity index (χ3n) is 4.02. The van der Waals surface area contributed by atoms with Gasteiger partial charge >= 0.3 is 0 Å². The minimum absolute atomic E-state index is 0.101. The molecule has 1 N–H and O–H groups in total. The van der Waals surface area contributed by atoms with Crippen molar-refractivity contribution in [3.8, 4) is 0 Å². The van der Waals surface area contributed by atoms with Gasteiger partial charge in [0.2, 0.25) is 0 Å². The molecule has 18 heavy (non-hydrogen) atoms. The highest BCUT2D eigenvalue weighted by molar-refractivity contribution is 5.47. The summed E-state index contributed by atoms with van der Waals surface area (Å²) < 4.78 is 0. The van der Waals surface area contributed by atoms with Crippen LogP contribution < -0.4 is 4.90 Å². The Hall–Kier alpha value is -1.09. The molecule has 0 saturated carbocycles. The highest BCUT2D eigenvalue weighted by Gasteiger charge is 2.34. The van der Waals surface area contributed by atoms with Gasteiger partial charge in [-0.25, -0.2) is 0 Å². The predicted octanol–water partition coefficient (Wildman–Crippen LogP) is 2.77. The van der Waals surface area contributed by atoms with Gasteiger partial charge < -0.3 is 10.0 Å². The molecule has 0 bridgehead atoms. The van der Waals surface area contributed by atoms with Crippen LogP contribution in [0.4, 0.5) is 5.69 Å². The molecule has 3 nitrogen and oxygen atoms in total. The number of nitrogens with zero attached hydrogens (tertiary/aromatic N) is 2. The Labute approximate surface area is 110 Å². The molecule has 3 heteroatoms. The number of rotatable bonds is 4. The first-order chi connectivity index (χ1) is 8.69. The molecule has 100 valence electrons. The average Bonchev–Trinajstić information content (AvgIpc) is 2.39. The Morgan fingerprint density at radius 3 is 3.00 bits per heavy atom. The third kappa shape index (κ3) is 2.83. The van der Waals surface area contributed by atoms with Gasteiger partial charge in [0, 0.05) is 36.1 Å². The number of aryl methyl sites for hydroxylation is 1. The predicted molar refractivity (Wildman–Crippen MR) is 74.8 cm³/mol. The van der Waals surface area contributed by atoms with Crippen LogP contribution in [0.25, 0.3) is 0 Å². The van der Waals surface area contributed by atoms with Gasteiger partial charge in [-0.3, -0.25) is 4.98 Å². The first-order valence-corrected chi connectivity index (χ1v) is 6.97. The zero-order chi connectivity index (χ0) is 13.0. The van der Waals surface area contributed by atoms with Crippen LogP contribution in [0.15, 0.2) is 18.3 Å². The lowest BCUT2D eigenvalue weighted by atomic mass is 9.77. The van der Waals surface area contributed by atoms with Crippen LogP contribution in [-0.4, -0.2) is 29.8 Å². The number of hydrogen-bond donors (Lipinski definition) is 1. The van der Waals surface area contributed by atoms with Crippen LogP contribution in [0.3, 0.4) is 0 Å². The smallest absolute Gasteiger partial charge is 0.0504 e. The van der Waals surface area contributed by atoms with Gasteiger partial charge in [-0.2, -0.15) is 0 Å². The van der Waals surface area contributed by atoms with Crippen LogP contribution in [0.2, 0.25) is 0 Å². The highest BCUT2D eigenvalue weighted by atomic mass is 16.3. The Morgan fingerprint density at radius 1 is 1.50 bits per heavy atom. The van der Waals surface area contributed by atoms with Crippen molar-refractivity contribution in [3.63, 3.8) is 0 Å². The van der Waals surface area contributed by atoms with Crippen molar-refractivity contribution in [2.45, 2.75) is 39.5 Å². The fraction of sp³-hybridized carbons (Fsp3) is 0.667. The maximum atomic E-state index is 9.75. The summed E-state index contributed by atoms with van der Waals surface area (Å²) in [7, 11) is 0. The van der Waals surface area contributed by atoms with Crippen LogP contribution in [0.5, 0.6) is 0 Å². The monoisotopic (exact) mass is 248 g/mol. The maximum Gasteiger partial charge on any atom is 0.0504 e. The normalized spacial score (nSPS) is 24.3. The topological polar surface area (TPSA) is 36.4 Å². The van der Waals surface area contributed by atoms with Crippen molar-refractivity contribution in [3.05, 3.63) is 24.0 Å². The second kappa shape index (κ2) is 5.70. The number of aliphatic hydroxyl groups is 1. The molecule has 0 unspecified atom stereocenters. The summed E-state index contributed by atoms with van der Waals surface area (Å²) >= 11 is 0. The fourth-order valence-corrected chi connectivity index (χ4v) is 3.10. The van der Waals surface area contributed by atoms with E-state index in [0.717, 1.165) is 38.0 Å². The summed E-state index contributed by atoms with van der Waals surface area (Å²) in [5.74, 6) is 0. The van der Waals surface area contributed by atoms with Crippen molar-refractivity contribution < 1.29 is 5.11 Å². The lowest BCUT2D eigenvalue weighted by Crippen LogP contribution is -2.45. The van der Waals surface area contributed by atoms with Gasteiger partial charge in [0.15, 0.2) is 0 Å².